The topological polar surface area (TPSA) is 50.4 Å². The molecule has 2 aromatic rings. The summed E-state index contributed by atoms with van der Waals surface area (Å²) in [7, 11) is 0. The van der Waals surface area contributed by atoms with Crippen LogP contribution in [0.15, 0.2) is 18.3 Å². The number of nitrogens with zero attached hydrogens (tertiary/aromatic N) is 2. The Balaban J connectivity index is 1.39. The van der Waals surface area contributed by atoms with Gasteiger partial charge in [0.05, 0.1) is 6.20 Å². The average molecular weight is 346 g/mol. The van der Waals surface area contributed by atoms with Crippen LogP contribution in [0.1, 0.15) is 36.1 Å². The monoisotopic (exact) mass is 345 g/mol. The molecule has 5 rings (SSSR count). The Kier molecular flexibility index (Phi) is 3.28. The molecule has 0 radical (unpaired) electrons. The van der Waals surface area contributed by atoms with Crippen molar-refractivity contribution in [3.63, 3.8) is 0 Å². The smallest absolute Gasteiger partial charge is 0.231 e. The van der Waals surface area contributed by atoms with Crippen molar-refractivity contribution in [3.8, 4) is 11.5 Å². The van der Waals surface area contributed by atoms with Gasteiger partial charge in [0.15, 0.2) is 11.5 Å². The normalized spacial score (nSPS) is 25.4. The molecule has 1 fully saturated rings. The molecule has 126 valence electrons. The summed E-state index contributed by atoms with van der Waals surface area (Å²) in [5, 5.41) is 8.29. The number of aromatic nitrogens is 2. The van der Waals surface area contributed by atoms with E-state index in [1.54, 1.807) is 0 Å². The van der Waals surface area contributed by atoms with Gasteiger partial charge in [0.25, 0.3) is 0 Å². The Morgan fingerprint density at radius 1 is 1.25 bits per heavy atom. The first-order chi connectivity index (χ1) is 11.7. The molecule has 1 aliphatic carbocycles. The number of rotatable bonds is 2. The third kappa shape index (κ3) is 2.22. The van der Waals surface area contributed by atoms with Crippen LogP contribution in [0, 0.1) is 0 Å². The summed E-state index contributed by atoms with van der Waals surface area (Å²) < 4.78 is 10.9. The van der Waals surface area contributed by atoms with E-state index < -0.39 is 0 Å². The summed E-state index contributed by atoms with van der Waals surface area (Å²) in [6.45, 7) is 3.30. The fourth-order valence-corrected chi connectivity index (χ4v) is 4.76. The predicted octanol–water partition coefficient (Wildman–Crippen LogP) is 3.27. The molecule has 6 heteroatoms. The first-order valence-electron chi connectivity index (χ1n) is 8.57. The van der Waals surface area contributed by atoms with Gasteiger partial charge in [0.2, 0.25) is 6.79 Å². The van der Waals surface area contributed by atoms with E-state index in [1.165, 1.54) is 30.5 Å². The lowest BCUT2D eigenvalue weighted by Gasteiger charge is -2.40. The van der Waals surface area contributed by atoms with E-state index in [2.05, 4.69) is 15.1 Å². The fourth-order valence-electron chi connectivity index (χ4n) is 4.55. The molecule has 2 aliphatic heterocycles. The Bertz CT molecular complexity index is 791. The van der Waals surface area contributed by atoms with E-state index >= 15 is 0 Å². The number of ether oxygens (including phenoxy) is 2. The highest BCUT2D eigenvalue weighted by Gasteiger charge is 2.43. The molecular formula is C18H20ClN3O2. The number of H-pyrrole nitrogens is 1. The Morgan fingerprint density at radius 3 is 3.04 bits per heavy atom. The van der Waals surface area contributed by atoms with Gasteiger partial charge in [-0.2, -0.15) is 5.10 Å². The van der Waals surface area contributed by atoms with Crippen LogP contribution >= 0.6 is 11.6 Å². The van der Waals surface area contributed by atoms with E-state index in [0.717, 1.165) is 48.1 Å². The number of hydrogen-bond donors (Lipinski definition) is 1. The minimum absolute atomic E-state index is 0.243. The molecule has 0 amide bonds. The van der Waals surface area contributed by atoms with Crippen LogP contribution in [0.2, 0.25) is 5.02 Å². The second-order valence-corrected chi connectivity index (χ2v) is 7.57. The predicted molar refractivity (Wildman–Crippen MR) is 90.7 cm³/mol. The van der Waals surface area contributed by atoms with Crippen LogP contribution in [-0.2, 0) is 18.4 Å². The van der Waals surface area contributed by atoms with Crippen LogP contribution in [0.4, 0.5) is 0 Å². The van der Waals surface area contributed by atoms with E-state index in [9.17, 15) is 0 Å². The van der Waals surface area contributed by atoms with Crippen molar-refractivity contribution >= 4 is 11.6 Å². The second kappa shape index (κ2) is 5.39. The molecule has 24 heavy (non-hydrogen) atoms. The second-order valence-electron chi connectivity index (χ2n) is 7.16. The van der Waals surface area contributed by atoms with Crippen molar-refractivity contribution < 1.29 is 9.47 Å². The molecule has 1 spiro atoms. The fraction of sp³-hybridized carbons (Fsp3) is 0.500. The number of nitrogens with one attached hydrogen (secondary N) is 1. The van der Waals surface area contributed by atoms with Crippen molar-refractivity contribution in [2.75, 3.05) is 19.9 Å². The van der Waals surface area contributed by atoms with Crippen molar-refractivity contribution in [2.24, 2.45) is 0 Å². The zero-order valence-electron chi connectivity index (χ0n) is 13.5. The Labute approximate surface area is 145 Å². The SMILES string of the molecule is Clc1cc2c(cc1CN1CCCC3(CCc4cn[nH]c43)C1)OCO2. The van der Waals surface area contributed by atoms with E-state index in [1.807, 2.05) is 18.3 Å². The molecule has 3 aliphatic rings. The average Bonchev–Trinajstić information content (AvgIpc) is 3.27. The maximum atomic E-state index is 6.46. The molecule has 0 bridgehead atoms. The lowest BCUT2D eigenvalue weighted by atomic mass is 9.77. The third-order valence-electron chi connectivity index (χ3n) is 5.71. The lowest BCUT2D eigenvalue weighted by Crippen LogP contribution is -2.44. The molecule has 1 saturated heterocycles. The number of piperidine rings is 1. The Morgan fingerprint density at radius 2 is 2.12 bits per heavy atom. The summed E-state index contributed by atoms with van der Waals surface area (Å²) in [5.74, 6) is 1.55. The third-order valence-corrected chi connectivity index (χ3v) is 6.06. The minimum atomic E-state index is 0.243. The van der Waals surface area contributed by atoms with Gasteiger partial charge in [0.1, 0.15) is 0 Å². The maximum absolute atomic E-state index is 6.46. The quantitative estimate of drug-likeness (QED) is 0.907. The van der Waals surface area contributed by atoms with Gasteiger partial charge in [-0.3, -0.25) is 10.00 Å². The molecular weight excluding hydrogens is 326 g/mol. The van der Waals surface area contributed by atoms with E-state index in [4.69, 9.17) is 21.1 Å². The van der Waals surface area contributed by atoms with Gasteiger partial charge in [-0.15, -0.1) is 0 Å². The van der Waals surface area contributed by atoms with Gasteiger partial charge in [-0.25, -0.2) is 0 Å². The summed E-state index contributed by atoms with van der Waals surface area (Å²) in [4.78, 5) is 2.52. The molecule has 1 aromatic heterocycles. The molecule has 1 aromatic carbocycles. The zero-order chi connectivity index (χ0) is 16.1. The number of likely N-dealkylation sites (tertiary alicyclic amines) is 1. The van der Waals surface area contributed by atoms with Gasteiger partial charge >= 0.3 is 0 Å². The summed E-state index contributed by atoms with van der Waals surface area (Å²) >= 11 is 6.46. The highest BCUT2D eigenvalue weighted by molar-refractivity contribution is 6.31. The van der Waals surface area contributed by atoms with Gasteiger partial charge in [0, 0.05) is 35.3 Å². The summed E-state index contributed by atoms with van der Waals surface area (Å²) in [6, 6.07) is 3.91. The minimum Gasteiger partial charge on any atom is -0.454 e. The Hall–Kier alpha value is -1.72. The van der Waals surface area contributed by atoms with Gasteiger partial charge < -0.3 is 9.47 Å². The van der Waals surface area contributed by atoms with Crippen molar-refractivity contribution in [2.45, 2.75) is 37.6 Å². The number of aromatic amines is 1. The highest BCUT2D eigenvalue weighted by atomic mass is 35.5. The number of benzene rings is 1. The standard InChI is InChI=1S/C18H20ClN3O2/c19-14-7-16-15(23-11-24-16)6-13(14)9-22-5-1-3-18(10-22)4-2-12-8-20-21-17(12)18/h6-8H,1-5,9-11H2,(H,20,21). The van der Waals surface area contributed by atoms with Crippen LogP contribution in [0.5, 0.6) is 11.5 Å². The maximum Gasteiger partial charge on any atom is 0.231 e. The highest BCUT2D eigenvalue weighted by Crippen LogP contribution is 2.44. The lowest BCUT2D eigenvalue weighted by molar-refractivity contribution is 0.136. The van der Waals surface area contributed by atoms with Crippen LogP contribution in [0.3, 0.4) is 0 Å². The van der Waals surface area contributed by atoms with Crippen molar-refractivity contribution in [1.82, 2.24) is 15.1 Å². The largest absolute Gasteiger partial charge is 0.454 e. The van der Waals surface area contributed by atoms with E-state index in [0.29, 0.717) is 0 Å². The number of fused-ring (bicyclic) bond motifs is 3. The van der Waals surface area contributed by atoms with Crippen LogP contribution in [0.25, 0.3) is 0 Å². The number of aryl methyl sites for hydroxylation is 1. The van der Waals surface area contributed by atoms with E-state index in [-0.39, 0.29) is 12.2 Å². The van der Waals surface area contributed by atoms with Gasteiger partial charge in [-0.1, -0.05) is 11.6 Å². The van der Waals surface area contributed by atoms with Crippen LogP contribution in [-0.4, -0.2) is 35.0 Å². The number of halogens is 1. The molecule has 1 N–H and O–H groups in total. The van der Waals surface area contributed by atoms with Crippen LogP contribution < -0.4 is 9.47 Å². The zero-order valence-corrected chi connectivity index (χ0v) is 14.2. The van der Waals surface area contributed by atoms with Gasteiger partial charge in [-0.05, 0) is 49.4 Å². The molecule has 1 atom stereocenters. The van der Waals surface area contributed by atoms with Crippen molar-refractivity contribution in [1.29, 1.82) is 0 Å². The molecule has 1 unspecified atom stereocenters. The molecule has 3 heterocycles. The first kappa shape index (κ1) is 14.6. The summed E-state index contributed by atoms with van der Waals surface area (Å²) in [6.07, 6.45) is 6.82. The first-order valence-corrected chi connectivity index (χ1v) is 8.94. The number of hydrogen-bond acceptors (Lipinski definition) is 4. The van der Waals surface area contributed by atoms with Crippen molar-refractivity contribution in [3.05, 3.63) is 40.2 Å². The molecule has 5 nitrogen and oxygen atoms in total. The molecule has 0 saturated carbocycles. The summed E-state index contributed by atoms with van der Waals surface area (Å²) in [5.41, 5.74) is 4.12.